The lowest BCUT2D eigenvalue weighted by Gasteiger charge is -1.95. The van der Waals surface area contributed by atoms with Gasteiger partial charge in [-0.1, -0.05) is 24.3 Å². The number of aromatic nitrogens is 1. The van der Waals surface area contributed by atoms with E-state index in [4.69, 9.17) is 0 Å². The average Bonchev–Trinajstić information content (AvgIpc) is 2.53. The monoisotopic (exact) mass is 174 g/mol. The first-order valence-corrected chi connectivity index (χ1v) is 4.62. The Labute approximate surface area is 75.7 Å². The van der Waals surface area contributed by atoms with Crippen LogP contribution in [0.2, 0.25) is 0 Å². The molecule has 0 saturated heterocycles. The summed E-state index contributed by atoms with van der Waals surface area (Å²) in [5.41, 5.74) is 4.21. The summed E-state index contributed by atoms with van der Waals surface area (Å²) in [6, 6.07) is 11.0. The van der Waals surface area contributed by atoms with E-state index in [1.165, 1.54) is 10.4 Å². The number of rotatable bonds is 1. The minimum absolute atomic E-state index is 1.10. The van der Waals surface area contributed by atoms with Crippen LogP contribution in [0.1, 0.15) is 5.69 Å². The molecule has 1 heterocycles. The van der Waals surface area contributed by atoms with E-state index in [0.29, 0.717) is 0 Å². The molecule has 1 radical (unpaired) electrons. The van der Waals surface area contributed by atoms with Crippen molar-refractivity contribution in [1.29, 1.82) is 0 Å². The molecule has 0 N–H and O–H groups in total. The van der Waals surface area contributed by atoms with Crippen LogP contribution in [0.5, 0.6) is 0 Å². The molecule has 0 aliphatic carbocycles. The molecule has 0 atom stereocenters. The highest BCUT2D eigenvalue weighted by Gasteiger charge is 2.02. The average molecular weight is 174 g/mol. The highest BCUT2D eigenvalue weighted by molar-refractivity contribution is 7.13. The van der Waals surface area contributed by atoms with Crippen molar-refractivity contribution in [3.05, 3.63) is 41.5 Å². The van der Waals surface area contributed by atoms with Crippen molar-refractivity contribution in [2.75, 3.05) is 0 Å². The fourth-order valence-electron chi connectivity index (χ4n) is 1.12. The Morgan fingerprint density at radius 3 is 2.67 bits per heavy atom. The van der Waals surface area contributed by atoms with Crippen molar-refractivity contribution in [2.45, 2.75) is 6.92 Å². The van der Waals surface area contributed by atoms with Gasteiger partial charge < -0.3 is 0 Å². The van der Waals surface area contributed by atoms with Gasteiger partial charge in [-0.05, 0) is 18.6 Å². The van der Waals surface area contributed by atoms with Crippen LogP contribution in [-0.2, 0) is 0 Å². The lowest BCUT2D eigenvalue weighted by Crippen LogP contribution is -1.75. The van der Waals surface area contributed by atoms with Crippen LogP contribution in [0.4, 0.5) is 0 Å². The highest BCUT2D eigenvalue weighted by Crippen LogP contribution is 2.26. The standard InChI is InChI=1S/C10H8NS/c1-8-10(12-7-11-8)9-5-3-2-4-6-9/h3-7H,1H3. The first-order chi connectivity index (χ1) is 5.88. The van der Waals surface area contributed by atoms with Gasteiger partial charge in [0.25, 0.3) is 0 Å². The summed E-state index contributed by atoms with van der Waals surface area (Å²) < 4.78 is 0. The summed E-state index contributed by atoms with van der Waals surface area (Å²) in [6.45, 7) is 2.03. The molecule has 2 aromatic rings. The number of hydrogen-bond acceptors (Lipinski definition) is 2. The maximum Gasteiger partial charge on any atom is 0.0801 e. The first-order valence-electron chi connectivity index (χ1n) is 3.74. The van der Waals surface area contributed by atoms with E-state index in [1.54, 1.807) is 11.3 Å². The number of hydrogen-bond donors (Lipinski definition) is 0. The fraction of sp³-hybridized carbons (Fsp3) is 0.100. The van der Waals surface area contributed by atoms with Crippen molar-refractivity contribution in [1.82, 2.24) is 4.98 Å². The minimum atomic E-state index is 1.10. The molecule has 0 fully saturated rings. The molecule has 0 aliphatic rings. The smallest absolute Gasteiger partial charge is 0.0801 e. The van der Waals surface area contributed by atoms with E-state index in [0.717, 1.165) is 5.69 Å². The summed E-state index contributed by atoms with van der Waals surface area (Å²) in [5, 5.41) is 0. The van der Waals surface area contributed by atoms with Gasteiger partial charge in [-0.3, -0.25) is 0 Å². The number of aryl methyl sites for hydroxylation is 1. The van der Waals surface area contributed by atoms with Gasteiger partial charge in [-0.25, -0.2) is 4.98 Å². The van der Waals surface area contributed by atoms with Crippen molar-refractivity contribution in [3.63, 3.8) is 0 Å². The van der Waals surface area contributed by atoms with Crippen LogP contribution in [0.15, 0.2) is 29.8 Å². The fourth-order valence-corrected chi connectivity index (χ4v) is 1.93. The normalized spacial score (nSPS) is 10.1. The van der Waals surface area contributed by atoms with E-state index in [9.17, 15) is 0 Å². The van der Waals surface area contributed by atoms with Crippen molar-refractivity contribution >= 4 is 11.3 Å². The molecule has 12 heavy (non-hydrogen) atoms. The third kappa shape index (κ3) is 1.25. The van der Waals surface area contributed by atoms with Gasteiger partial charge >= 0.3 is 0 Å². The van der Waals surface area contributed by atoms with E-state index < -0.39 is 0 Å². The lowest BCUT2D eigenvalue weighted by atomic mass is 10.2. The number of nitrogens with zero attached hydrogens (tertiary/aromatic N) is 1. The number of benzene rings is 1. The molecular weight excluding hydrogens is 166 g/mol. The van der Waals surface area contributed by atoms with Crippen LogP contribution < -0.4 is 0 Å². The molecule has 1 aromatic carbocycles. The Morgan fingerprint density at radius 2 is 2.08 bits per heavy atom. The molecule has 1 nitrogen and oxygen atoms in total. The van der Waals surface area contributed by atoms with Gasteiger partial charge in [-0.2, -0.15) is 0 Å². The van der Waals surface area contributed by atoms with Gasteiger partial charge in [0.2, 0.25) is 0 Å². The van der Waals surface area contributed by atoms with Crippen molar-refractivity contribution in [2.24, 2.45) is 0 Å². The molecule has 0 spiro atoms. The van der Waals surface area contributed by atoms with Gasteiger partial charge in [0.15, 0.2) is 0 Å². The predicted octanol–water partition coefficient (Wildman–Crippen LogP) is 2.92. The van der Waals surface area contributed by atoms with Gasteiger partial charge in [-0.15, -0.1) is 11.3 Å². The van der Waals surface area contributed by atoms with Gasteiger partial charge in [0, 0.05) is 0 Å². The summed E-state index contributed by atoms with van der Waals surface area (Å²) >= 11 is 1.68. The number of thiazole rings is 1. The second-order valence-electron chi connectivity index (χ2n) is 2.56. The summed E-state index contributed by atoms with van der Waals surface area (Å²) in [5.74, 6) is 0. The minimum Gasteiger partial charge on any atom is -0.249 e. The topological polar surface area (TPSA) is 12.9 Å². The maximum atomic E-state index is 4.20. The largest absolute Gasteiger partial charge is 0.249 e. The zero-order valence-corrected chi connectivity index (χ0v) is 7.56. The molecule has 1 aromatic heterocycles. The summed E-state index contributed by atoms with van der Waals surface area (Å²) in [7, 11) is 0. The SMILES string of the molecule is Cc1ncsc1-c1cc[c]cc1. The van der Waals surface area contributed by atoms with Crippen molar-refractivity contribution in [3.8, 4) is 10.4 Å². The van der Waals surface area contributed by atoms with Crippen LogP contribution in [0, 0.1) is 13.0 Å². The Balaban J connectivity index is 2.51. The third-order valence-corrected chi connectivity index (χ3v) is 2.70. The van der Waals surface area contributed by atoms with E-state index in [1.807, 2.05) is 24.6 Å². The highest BCUT2D eigenvalue weighted by atomic mass is 32.1. The van der Waals surface area contributed by atoms with Crippen LogP contribution in [0.3, 0.4) is 0 Å². The lowest BCUT2D eigenvalue weighted by molar-refractivity contribution is 1.27. The zero-order chi connectivity index (χ0) is 8.39. The van der Waals surface area contributed by atoms with E-state index in [2.05, 4.69) is 23.2 Å². The quantitative estimate of drug-likeness (QED) is 0.647. The molecule has 2 rings (SSSR count). The van der Waals surface area contributed by atoms with Gasteiger partial charge in [0.1, 0.15) is 0 Å². The van der Waals surface area contributed by atoms with Crippen LogP contribution in [-0.4, -0.2) is 4.98 Å². The molecule has 0 saturated carbocycles. The summed E-state index contributed by atoms with van der Waals surface area (Å²) in [6.07, 6.45) is 0. The van der Waals surface area contributed by atoms with Crippen molar-refractivity contribution < 1.29 is 0 Å². The van der Waals surface area contributed by atoms with Crippen LogP contribution in [0.25, 0.3) is 10.4 Å². The molecule has 0 unspecified atom stereocenters. The molecule has 0 aliphatic heterocycles. The first kappa shape index (κ1) is 7.50. The second kappa shape index (κ2) is 3.07. The Hall–Kier alpha value is -1.15. The Bertz CT molecular complexity index is 364. The Kier molecular flexibility index (Phi) is 1.92. The molecule has 0 amide bonds. The van der Waals surface area contributed by atoms with E-state index >= 15 is 0 Å². The third-order valence-electron chi connectivity index (χ3n) is 1.73. The zero-order valence-electron chi connectivity index (χ0n) is 6.74. The molecular formula is C10H8NS. The van der Waals surface area contributed by atoms with Gasteiger partial charge in [0.05, 0.1) is 16.1 Å². The molecule has 0 bridgehead atoms. The maximum absolute atomic E-state index is 4.20. The van der Waals surface area contributed by atoms with E-state index in [-0.39, 0.29) is 0 Å². The predicted molar refractivity (Wildman–Crippen MR) is 51.1 cm³/mol. The second-order valence-corrected chi connectivity index (χ2v) is 3.41. The van der Waals surface area contributed by atoms with Crippen LogP contribution >= 0.6 is 11.3 Å². The molecule has 2 heteroatoms. The summed E-state index contributed by atoms with van der Waals surface area (Å²) in [4.78, 5) is 5.46. The Morgan fingerprint density at radius 1 is 1.33 bits per heavy atom. The molecule has 59 valence electrons.